The van der Waals surface area contributed by atoms with E-state index < -0.39 is 10.0 Å². The molecule has 1 aromatic carbocycles. The number of hydrogen-bond acceptors (Lipinski definition) is 5. The average molecular weight is 445 g/mol. The predicted octanol–water partition coefficient (Wildman–Crippen LogP) is 4.54. The van der Waals surface area contributed by atoms with Gasteiger partial charge in [0.2, 0.25) is 10.0 Å². The summed E-state index contributed by atoms with van der Waals surface area (Å²) in [4.78, 5) is 16.6. The number of carbonyl (C=O) groups is 1. The summed E-state index contributed by atoms with van der Waals surface area (Å²) in [5, 5.41) is 1.31. The van der Waals surface area contributed by atoms with E-state index in [1.165, 1.54) is 28.3 Å². The quantitative estimate of drug-likeness (QED) is 0.483. The van der Waals surface area contributed by atoms with Gasteiger partial charge in [0.1, 0.15) is 4.90 Å². The topological polar surface area (TPSA) is 67.3 Å². The third-order valence-electron chi connectivity index (χ3n) is 4.25. The van der Waals surface area contributed by atoms with E-state index in [2.05, 4.69) is 4.98 Å². The molecule has 27 heavy (non-hydrogen) atoms. The van der Waals surface area contributed by atoms with Gasteiger partial charge in [0.25, 0.3) is 0 Å². The Kier molecular flexibility index (Phi) is 6.81. The van der Waals surface area contributed by atoms with Crippen LogP contribution in [0.4, 0.5) is 0 Å². The maximum Gasteiger partial charge on any atom is 0.244 e. The number of halogens is 2. The first kappa shape index (κ1) is 20.6. The van der Waals surface area contributed by atoms with Crippen LogP contribution in [0, 0.1) is 0 Å². The molecule has 2 aromatic rings. The fraction of sp³-hybridized carbons (Fsp3) is 0.333. The summed E-state index contributed by atoms with van der Waals surface area (Å²) in [6.07, 6.45) is 4.19. The molecule has 1 aliphatic rings. The van der Waals surface area contributed by atoms with E-state index in [0.29, 0.717) is 33.7 Å². The Morgan fingerprint density at radius 1 is 1.07 bits per heavy atom. The molecule has 9 heteroatoms. The van der Waals surface area contributed by atoms with Gasteiger partial charge in [0.15, 0.2) is 5.78 Å². The summed E-state index contributed by atoms with van der Waals surface area (Å²) in [5.41, 5.74) is 0.473. The van der Waals surface area contributed by atoms with Gasteiger partial charge in [-0.15, -0.1) is 0 Å². The molecule has 0 amide bonds. The number of pyridine rings is 1. The lowest BCUT2D eigenvalue weighted by Crippen LogP contribution is -2.35. The SMILES string of the molecule is O=C(CSc1ccc(S(=O)(=O)N2CCCCC2)cn1)c1ccc(Cl)c(Cl)c1. The summed E-state index contributed by atoms with van der Waals surface area (Å²) >= 11 is 13.0. The number of thioether (sulfide) groups is 1. The number of piperidine rings is 1. The van der Waals surface area contributed by atoms with Gasteiger partial charge in [0, 0.05) is 24.8 Å². The Balaban J connectivity index is 1.63. The fourth-order valence-electron chi connectivity index (χ4n) is 2.75. The largest absolute Gasteiger partial charge is 0.293 e. The highest BCUT2D eigenvalue weighted by atomic mass is 35.5. The lowest BCUT2D eigenvalue weighted by Gasteiger charge is -2.25. The van der Waals surface area contributed by atoms with Crippen molar-refractivity contribution in [1.82, 2.24) is 9.29 Å². The Bertz CT molecular complexity index is 928. The highest BCUT2D eigenvalue weighted by Crippen LogP contribution is 2.25. The third-order valence-corrected chi connectivity index (χ3v) is 7.82. The number of carbonyl (C=O) groups excluding carboxylic acids is 1. The zero-order valence-electron chi connectivity index (χ0n) is 14.4. The van der Waals surface area contributed by atoms with Crippen molar-refractivity contribution in [3.8, 4) is 0 Å². The molecule has 1 saturated heterocycles. The van der Waals surface area contributed by atoms with Crippen LogP contribution in [0.1, 0.15) is 29.6 Å². The van der Waals surface area contributed by atoms with E-state index in [9.17, 15) is 13.2 Å². The van der Waals surface area contributed by atoms with Crippen LogP contribution in [0.3, 0.4) is 0 Å². The summed E-state index contributed by atoms with van der Waals surface area (Å²) < 4.78 is 26.7. The van der Waals surface area contributed by atoms with Crippen LogP contribution in [0.5, 0.6) is 0 Å². The van der Waals surface area contributed by atoms with Gasteiger partial charge in [-0.25, -0.2) is 13.4 Å². The van der Waals surface area contributed by atoms with Crippen molar-refractivity contribution in [2.75, 3.05) is 18.8 Å². The maximum atomic E-state index is 12.6. The van der Waals surface area contributed by atoms with Crippen LogP contribution in [0.2, 0.25) is 10.0 Å². The molecule has 0 spiro atoms. The summed E-state index contributed by atoms with van der Waals surface area (Å²) in [6, 6.07) is 7.92. The average Bonchev–Trinajstić information content (AvgIpc) is 2.69. The van der Waals surface area contributed by atoms with E-state index in [1.807, 2.05) is 0 Å². The molecule has 0 bridgehead atoms. The van der Waals surface area contributed by atoms with Crippen molar-refractivity contribution in [2.45, 2.75) is 29.2 Å². The van der Waals surface area contributed by atoms with Crippen molar-refractivity contribution in [1.29, 1.82) is 0 Å². The van der Waals surface area contributed by atoms with Crippen molar-refractivity contribution in [3.63, 3.8) is 0 Å². The minimum Gasteiger partial charge on any atom is -0.293 e. The van der Waals surface area contributed by atoms with Crippen molar-refractivity contribution in [3.05, 3.63) is 52.1 Å². The molecule has 0 N–H and O–H groups in total. The van der Waals surface area contributed by atoms with Crippen LogP contribution < -0.4 is 0 Å². The van der Waals surface area contributed by atoms with Crippen molar-refractivity contribution < 1.29 is 13.2 Å². The molecule has 144 valence electrons. The standard InChI is InChI=1S/C18H18Cl2N2O3S2/c19-15-6-4-13(10-16(15)20)17(23)12-26-18-7-5-14(11-21-18)27(24,25)22-8-2-1-3-9-22/h4-7,10-11H,1-3,8-9,12H2. The number of aromatic nitrogens is 1. The van der Waals surface area contributed by atoms with E-state index in [1.54, 1.807) is 24.3 Å². The molecular weight excluding hydrogens is 427 g/mol. The van der Waals surface area contributed by atoms with Gasteiger partial charge in [0.05, 0.1) is 20.8 Å². The van der Waals surface area contributed by atoms with E-state index in [4.69, 9.17) is 23.2 Å². The predicted molar refractivity (Wildman–Crippen MR) is 108 cm³/mol. The number of hydrogen-bond donors (Lipinski definition) is 0. The third kappa shape index (κ3) is 5.03. The Morgan fingerprint density at radius 3 is 2.44 bits per heavy atom. The number of nitrogens with zero attached hydrogens (tertiary/aromatic N) is 2. The second-order valence-electron chi connectivity index (χ2n) is 6.14. The zero-order valence-corrected chi connectivity index (χ0v) is 17.5. The first-order valence-corrected chi connectivity index (χ1v) is 11.6. The molecular formula is C18H18Cl2N2O3S2. The molecule has 0 atom stereocenters. The number of Topliss-reactive ketones (excluding diaryl/α,β-unsaturated/α-hetero) is 1. The van der Waals surface area contributed by atoms with Crippen LogP contribution in [0.25, 0.3) is 0 Å². The number of benzene rings is 1. The minimum atomic E-state index is -3.49. The maximum absolute atomic E-state index is 12.6. The van der Waals surface area contributed by atoms with Crippen molar-refractivity contribution in [2.24, 2.45) is 0 Å². The van der Waals surface area contributed by atoms with Gasteiger partial charge in [-0.1, -0.05) is 41.4 Å². The van der Waals surface area contributed by atoms with Gasteiger partial charge in [-0.3, -0.25) is 4.79 Å². The van der Waals surface area contributed by atoms with E-state index in [-0.39, 0.29) is 16.4 Å². The summed E-state index contributed by atoms with van der Waals surface area (Å²) in [6.45, 7) is 1.11. The first-order chi connectivity index (χ1) is 12.9. The summed E-state index contributed by atoms with van der Waals surface area (Å²) in [5.74, 6) is 0.0637. The lowest BCUT2D eigenvalue weighted by atomic mass is 10.1. The molecule has 0 saturated carbocycles. The van der Waals surface area contributed by atoms with E-state index in [0.717, 1.165) is 19.3 Å². The Hall–Kier alpha value is -1.12. The smallest absolute Gasteiger partial charge is 0.244 e. The first-order valence-electron chi connectivity index (χ1n) is 8.45. The molecule has 1 fully saturated rings. The molecule has 0 aliphatic carbocycles. The number of rotatable bonds is 6. The van der Waals surface area contributed by atoms with Gasteiger partial charge in [-0.2, -0.15) is 4.31 Å². The van der Waals surface area contributed by atoms with Crippen LogP contribution >= 0.6 is 35.0 Å². The molecule has 1 aliphatic heterocycles. The van der Waals surface area contributed by atoms with Crippen LogP contribution in [-0.4, -0.2) is 42.3 Å². The summed E-state index contributed by atoms with van der Waals surface area (Å²) in [7, 11) is -3.49. The second-order valence-corrected chi connectivity index (χ2v) is 9.89. The minimum absolute atomic E-state index is 0.106. The van der Waals surface area contributed by atoms with E-state index >= 15 is 0 Å². The van der Waals surface area contributed by atoms with Gasteiger partial charge >= 0.3 is 0 Å². The highest BCUT2D eigenvalue weighted by molar-refractivity contribution is 7.99. The van der Waals surface area contributed by atoms with Gasteiger partial charge < -0.3 is 0 Å². The molecule has 5 nitrogen and oxygen atoms in total. The Labute approximate surface area is 173 Å². The monoisotopic (exact) mass is 444 g/mol. The fourth-order valence-corrected chi connectivity index (χ4v) is 5.25. The molecule has 0 radical (unpaired) electrons. The highest BCUT2D eigenvalue weighted by Gasteiger charge is 2.26. The van der Waals surface area contributed by atoms with Gasteiger partial charge in [-0.05, 0) is 43.2 Å². The number of ketones is 1. The second kappa shape index (κ2) is 8.92. The molecule has 0 unspecified atom stereocenters. The number of sulfonamides is 1. The Morgan fingerprint density at radius 2 is 1.81 bits per heavy atom. The lowest BCUT2D eigenvalue weighted by molar-refractivity contribution is 0.102. The van der Waals surface area contributed by atoms with Crippen LogP contribution in [-0.2, 0) is 10.0 Å². The van der Waals surface area contributed by atoms with Crippen LogP contribution in [0.15, 0.2) is 46.5 Å². The molecule has 1 aromatic heterocycles. The molecule has 3 rings (SSSR count). The normalized spacial score (nSPS) is 15.6. The van der Waals surface area contributed by atoms with Crippen molar-refractivity contribution >= 4 is 50.8 Å². The molecule has 2 heterocycles. The zero-order chi connectivity index (χ0) is 19.4.